The summed E-state index contributed by atoms with van der Waals surface area (Å²) in [6, 6.07) is 0. The molecule has 73 valence electrons. The average molecular weight is 248 g/mol. The van der Waals surface area contributed by atoms with Gasteiger partial charge in [-0.25, -0.2) is 0 Å². The summed E-state index contributed by atoms with van der Waals surface area (Å²) in [7, 11) is 11.3. The molecule has 1 unspecified atom stereocenters. The summed E-state index contributed by atoms with van der Waals surface area (Å²) < 4.78 is 5.44. The molecule has 0 aliphatic rings. The molecule has 0 radical (unpaired) electrons. The van der Waals surface area contributed by atoms with Crippen LogP contribution in [0.2, 0.25) is 0 Å². The van der Waals surface area contributed by atoms with Gasteiger partial charge in [0.1, 0.15) is 0 Å². The predicted molar refractivity (Wildman–Crippen MR) is 51.0 cm³/mol. The molecule has 0 heterocycles. The Bertz CT molecular complexity index is 101. The zero-order valence-corrected chi connectivity index (χ0v) is 10.9. The summed E-state index contributed by atoms with van der Waals surface area (Å²) in [6.07, 6.45) is 6.21. The number of halogens is 2. The molecule has 0 aromatic heterocycles. The first kappa shape index (κ1) is 13.3. The summed E-state index contributed by atoms with van der Waals surface area (Å²) in [6.45, 7) is 4.32. The molecule has 0 saturated heterocycles. The van der Waals surface area contributed by atoms with Gasteiger partial charge in [0.15, 0.2) is 0 Å². The van der Waals surface area contributed by atoms with E-state index in [2.05, 4.69) is 13.8 Å². The first-order chi connectivity index (χ1) is 5.70. The summed E-state index contributed by atoms with van der Waals surface area (Å²) in [5.74, 6) is 0. The number of rotatable bonds is 7. The van der Waals surface area contributed by atoms with Crippen molar-refractivity contribution >= 4 is 18.6 Å². The molecule has 0 aromatic carbocycles. The van der Waals surface area contributed by atoms with E-state index >= 15 is 0 Å². The molecule has 1 nitrogen and oxygen atoms in total. The van der Waals surface area contributed by atoms with Crippen molar-refractivity contribution in [3.05, 3.63) is 0 Å². The van der Waals surface area contributed by atoms with Crippen LogP contribution < -0.4 is 0 Å². The molecule has 0 aliphatic heterocycles. The number of hydrogen-bond donors (Lipinski definition) is 0. The summed E-state index contributed by atoms with van der Waals surface area (Å²) in [5, 5.41) is 0. The molecule has 0 saturated carbocycles. The minimum absolute atomic E-state index is 0.307. The Kier molecular flexibility index (Phi) is 9.76. The normalized spacial score (nSPS) is 13.0. The zero-order valence-electron chi connectivity index (χ0n) is 7.78. The second-order valence-electron chi connectivity index (χ2n) is 2.87. The third kappa shape index (κ3) is 7.88. The molecule has 1 atom stereocenters. The van der Waals surface area contributed by atoms with Crippen LogP contribution in [0.5, 0.6) is 0 Å². The monoisotopic (exact) mass is 247 g/mol. The van der Waals surface area contributed by atoms with Gasteiger partial charge >= 0.3 is 90.1 Å². The van der Waals surface area contributed by atoms with Crippen LogP contribution in [-0.2, 0) is 19.5 Å². The van der Waals surface area contributed by atoms with Crippen LogP contribution in [0, 0.1) is 0 Å². The molecular formula is C8H17Cl2OTi. The van der Waals surface area contributed by atoms with Gasteiger partial charge in [0, 0.05) is 0 Å². The molecule has 0 rings (SSSR count). The fourth-order valence-electron chi connectivity index (χ4n) is 1.09. The van der Waals surface area contributed by atoms with Crippen LogP contribution in [0.15, 0.2) is 0 Å². The van der Waals surface area contributed by atoms with Crippen LogP contribution in [0.25, 0.3) is 0 Å². The van der Waals surface area contributed by atoms with Gasteiger partial charge in [-0.3, -0.25) is 0 Å². The molecule has 0 amide bonds. The van der Waals surface area contributed by atoms with Crippen LogP contribution in [0.1, 0.15) is 46.0 Å². The van der Waals surface area contributed by atoms with Gasteiger partial charge in [-0.1, -0.05) is 0 Å². The molecule has 12 heavy (non-hydrogen) atoms. The van der Waals surface area contributed by atoms with Crippen molar-refractivity contribution in [3.8, 4) is 0 Å². The summed E-state index contributed by atoms with van der Waals surface area (Å²) >= 11 is -2.09. The first-order valence-corrected chi connectivity index (χ1v) is 9.48. The number of hydrogen-bond acceptors (Lipinski definition) is 1. The van der Waals surface area contributed by atoms with Crippen molar-refractivity contribution in [1.29, 1.82) is 0 Å². The second-order valence-corrected chi connectivity index (χ2v) is 7.57. The van der Waals surface area contributed by atoms with E-state index in [1.165, 1.54) is 19.3 Å². The molecule has 0 spiro atoms. The van der Waals surface area contributed by atoms with E-state index in [1.54, 1.807) is 0 Å². The SMILES string of the molecule is CCCCCC(CC)[O][Ti]([Cl])[Cl]. The zero-order chi connectivity index (χ0) is 9.40. The third-order valence-corrected chi connectivity index (χ3v) is 3.37. The Morgan fingerprint density at radius 3 is 2.33 bits per heavy atom. The van der Waals surface area contributed by atoms with Crippen molar-refractivity contribution in [2.45, 2.75) is 52.1 Å². The van der Waals surface area contributed by atoms with E-state index < -0.39 is 16.1 Å². The Balaban J connectivity index is 3.39. The predicted octanol–water partition coefficient (Wildman–Crippen LogP) is 4.20. The van der Waals surface area contributed by atoms with E-state index in [4.69, 9.17) is 21.9 Å². The Hall–Kier alpha value is 1.25. The van der Waals surface area contributed by atoms with Crippen LogP contribution in [0.3, 0.4) is 0 Å². The number of unbranched alkanes of at least 4 members (excludes halogenated alkanes) is 2. The van der Waals surface area contributed by atoms with Crippen LogP contribution in [0.4, 0.5) is 0 Å². The van der Waals surface area contributed by atoms with Crippen LogP contribution >= 0.6 is 18.6 Å². The second kappa shape index (κ2) is 8.84. The average Bonchev–Trinajstić information content (AvgIpc) is 2.02. The quantitative estimate of drug-likeness (QED) is 0.484. The van der Waals surface area contributed by atoms with Crippen LogP contribution in [-0.4, -0.2) is 6.10 Å². The van der Waals surface area contributed by atoms with Crippen molar-refractivity contribution < 1.29 is 19.5 Å². The van der Waals surface area contributed by atoms with Gasteiger partial charge in [0.05, 0.1) is 0 Å². The van der Waals surface area contributed by atoms with E-state index in [-0.39, 0.29) is 0 Å². The molecule has 0 aromatic rings. The van der Waals surface area contributed by atoms with Crippen molar-refractivity contribution in [2.75, 3.05) is 0 Å². The topological polar surface area (TPSA) is 9.23 Å². The van der Waals surface area contributed by atoms with Gasteiger partial charge in [-0.2, -0.15) is 0 Å². The third-order valence-electron chi connectivity index (χ3n) is 1.84. The van der Waals surface area contributed by atoms with Gasteiger partial charge in [-0.15, -0.1) is 0 Å². The molecule has 0 aliphatic carbocycles. The molecule has 4 heteroatoms. The molecule has 0 fully saturated rings. The van der Waals surface area contributed by atoms with E-state index in [9.17, 15) is 0 Å². The maximum atomic E-state index is 5.67. The van der Waals surface area contributed by atoms with E-state index in [0.717, 1.165) is 12.8 Å². The minimum atomic E-state index is -2.09. The molecule has 0 N–H and O–H groups in total. The fourth-order valence-corrected chi connectivity index (χ4v) is 2.97. The van der Waals surface area contributed by atoms with Gasteiger partial charge < -0.3 is 0 Å². The fraction of sp³-hybridized carbons (Fsp3) is 1.00. The van der Waals surface area contributed by atoms with E-state index in [0.29, 0.717) is 6.10 Å². The Morgan fingerprint density at radius 2 is 1.92 bits per heavy atom. The maximum absolute atomic E-state index is 5.67. The van der Waals surface area contributed by atoms with E-state index in [1.807, 2.05) is 0 Å². The standard InChI is InChI=1S/C8H17O.2ClH.Ti/c1-3-5-6-7-8(9)4-2;;;/h8H,3-7H2,1-2H3;2*1H;/q-1;;;+3/p-2. The van der Waals surface area contributed by atoms with Crippen molar-refractivity contribution in [2.24, 2.45) is 0 Å². The molecular weight excluding hydrogens is 231 g/mol. The van der Waals surface area contributed by atoms with Crippen molar-refractivity contribution in [1.82, 2.24) is 0 Å². The van der Waals surface area contributed by atoms with Gasteiger partial charge in [0.2, 0.25) is 0 Å². The van der Waals surface area contributed by atoms with Gasteiger partial charge in [0.25, 0.3) is 0 Å². The first-order valence-electron chi connectivity index (χ1n) is 4.55. The summed E-state index contributed by atoms with van der Waals surface area (Å²) in [4.78, 5) is 0. The van der Waals surface area contributed by atoms with Gasteiger partial charge in [-0.05, 0) is 0 Å². The van der Waals surface area contributed by atoms with Crippen molar-refractivity contribution in [3.63, 3.8) is 0 Å². The Labute approximate surface area is 89.8 Å². The Morgan fingerprint density at radius 1 is 1.25 bits per heavy atom. The molecule has 0 bridgehead atoms. The summed E-state index contributed by atoms with van der Waals surface area (Å²) in [5.41, 5.74) is 0.